The van der Waals surface area contributed by atoms with Gasteiger partial charge in [-0.2, -0.15) is 0 Å². The van der Waals surface area contributed by atoms with Gasteiger partial charge in [-0.1, -0.05) is 29.8 Å². The molecule has 1 N–H and O–H groups in total. The summed E-state index contributed by atoms with van der Waals surface area (Å²) in [6.45, 7) is 4.26. The molecule has 0 aromatic heterocycles. The molecule has 0 aliphatic carbocycles. The van der Waals surface area contributed by atoms with Crippen molar-refractivity contribution in [2.24, 2.45) is 5.92 Å². The van der Waals surface area contributed by atoms with Crippen LogP contribution in [-0.2, 0) is 9.59 Å². The number of hydrogen-bond donors (Lipinski definition) is 1. The second kappa shape index (κ2) is 7.00. The quantitative estimate of drug-likeness (QED) is 0.907. The number of carboxylic acids is 1. The van der Waals surface area contributed by atoms with Crippen molar-refractivity contribution in [2.75, 3.05) is 16.8 Å². The summed E-state index contributed by atoms with van der Waals surface area (Å²) in [5.41, 5.74) is 3.47. The molecule has 6 heteroatoms. The van der Waals surface area contributed by atoms with Crippen LogP contribution in [0.15, 0.2) is 42.5 Å². The molecule has 1 aliphatic heterocycles. The first-order valence-electron chi connectivity index (χ1n) is 8.35. The topological polar surface area (TPSA) is 89.5 Å². The van der Waals surface area contributed by atoms with Crippen molar-refractivity contribution in [3.05, 3.63) is 59.2 Å². The van der Waals surface area contributed by atoms with Crippen molar-refractivity contribution < 1.29 is 19.5 Å². The molecule has 1 fully saturated rings. The average molecular weight is 351 g/mol. The van der Waals surface area contributed by atoms with Crippen molar-refractivity contribution in [1.82, 2.24) is 0 Å². The molecule has 1 heterocycles. The third kappa shape index (κ3) is 3.59. The van der Waals surface area contributed by atoms with Crippen LogP contribution in [0.3, 0.4) is 0 Å². The number of anilines is 2. The molecule has 2 amide bonds. The Hall–Kier alpha value is -3.15. The number of carboxylic acid groups (broad SMARTS) is 1. The second-order valence-corrected chi connectivity index (χ2v) is 6.55. The second-order valence-electron chi connectivity index (χ2n) is 6.55. The Morgan fingerprint density at radius 2 is 1.81 bits per heavy atom. The molecule has 2 aromatic carbocycles. The first-order chi connectivity index (χ1) is 12.3. The van der Waals surface area contributed by atoms with E-state index >= 15 is 0 Å². The highest BCUT2D eigenvalue weighted by molar-refractivity contribution is 6.04. The lowest BCUT2D eigenvalue weighted by atomic mass is 10.1. The fourth-order valence-electron chi connectivity index (χ4n) is 3.16. The molecule has 6 nitrogen and oxygen atoms in total. The van der Waals surface area contributed by atoms with Gasteiger partial charge in [-0.05, 0) is 43.2 Å². The smallest absolute Gasteiger partial charge is 0.229 e. The van der Waals surface area contributed by atoms with E-state index in [0.29, 0.717) is 12.2 Å². The highest BCUT2D eigenvalue weighted by atomic mass is 16.4. The first-order valence-corrected chi connectivity index (χ1v) is 8.35. The largest absolute Gasteiger partial charge is 0.545 e. The van der Waals surface area contributed by atoms with Crippen molar-refractivity contribution in [3.63, 3.8) is 0 Å². The van der Waals surface area contributed by atoms with Gasteiger partial charge in [0, 0.05) is 24.3 Å². The Kier molecular flexibility index (Phi) is 4.75. The molecule has 0 unspecified atom stereocenters. The van der Waals surface area contributed by atoms with Gasteiger partial charge in [0.25, 0.3) is 0 Å². The number of hydrogen-bond acceptors (Lipinski definition) is 4. The normalized spacial score (nSPS) is 16.6. The van der Waals surface area contributed by atoms with E-state index in [4.69, 9.17) is 0 Å². The fraction of sp³-hybridized carbons (Fsp3) is 0.250. The molecule has 26 heavy (non-hydrogen) atoms. The van der Waals surface area contributed by atoms with Crippen LogP contribution >= 0.6 is 0 Å². The van der Waals surface area contributed by atoms with Crippen molar-refractivity contribution in [3.8, 4) is 0 Å². The van der Waals surface area contributed by atoms with Gasteiger partial charge in [-0.15, -0.1) is 0 Å². The average Bonchev–Trinajstić information content (AvgIpc) is 2.97. The van der Waals surface area contributed by atoms with E-state index in [0.717, 1.165) is 16.8 Å². The predicted molar refractivity (Wildman–Crippen MR) is 95.8 cm³/mol. The number of carbonyl (C=O) groups is 3. The molecular formula is C20H19N2O4-. The van der Waals surface area contributed by atoms with E-state index in [1.165, 1.54) is 24.3 Å². The molecule has 0 spiro atoms. The summed E-state index contributed by atoms with van der Waals surface area (Å²) in [5, 5.41) is 13.5. The molecule has 0 bridgehead atoms. The molecule has 0 radical (unpaired) electrons. The number of benzene rings is 2. The fourth-order valence-corrected chi connectivity index (χ4v) is 3.16. The minimum absolute atomic E-state index is 0.0417. The standard InChI is InChI=1S/C20H20N2O4/c1-12-3-8-17(13(2)9-12)22-11-15(10-18(22)23)19(24)21-16-6-4-14(5-7-16)20(25)26/h3-9,15H,10-11H2,1-2H3,(H,21,24)(H,25,26)/p-1/t15-/m1/s1. The SMILES string of the molecule is Cc1ccc(N2C[C@H](C(=O)Nc3ccc(C(=O)[O-])cc3)CC2=O)c(C)c1. The van der Waals surface area contributed by atoms with E-state index in [2.05, 4.69) is 5.32 Å². The molecule has 1 aliphatic rings. The minimum Gasteiger partial charge on any atom is -0.545 e. The Labute approximate surface area is 151 Å². The predicted octanol–water partition coefficient (Wildman–Crippen LogP) is 1.66. The molecular weight excluding hydrogens is 332 g/mol. The summed E-state index contributed by atoms with van der Waals surface area (Å²) in [7, 11) is 0. The van der Waals surface area contributed by atoms with Gasteiger partial charge in [-0.3, -0.25) is 9.59 Å². The van der Waals surface area contributed by atoms with Crippen LogP contribution in [0.5, 0.6) is 0 Å². The van der Waals surface area contributed by atoms with Crippen LogP contribution in [0.1, 0.15) is 27.9 Å². The Balaban J connectivity index is 1.69. The lowest BCUT2D eigenvalue weighted by molar-refractivity contribution is -0.255. The van der Waals surface area contributed by atoms with Gasteiger partial charge in [0.2, 0.25) is 11.8 Å². The third-order valence-corrected chi connectivity index (χ3v) is 4.53. The highest BCUT2D eigenvalue weighted by Gasteiger charge is 2.35. The highest BCUT2D eigenvalue weighted by Crippen LogP contribution is 2.29. The zero-order valence-electron chi connectivity index (χ0n) is 14.6. The summed E-state index contributed by atoms with van der Waals surface area (Å²) in [4.78, 5) is 37.3. The third-order valence-electron chi connectivity index (χ3n) is 4.53. The van der Waals surface area contributed by atoms with Gasteiger partial charge in [0.1, 0.15) is 0 Å². The minimum atomic E-state index is -1.27. The number of amides is 2. The van der Waals surface area contributed by atoms with Crippen LogP contribution < -0.4 is 15.3 Å². The Bertz CT molecular complexity index is 874. The zero-order valence-corrected chi connectivity index (χ0v) is 14.6. The summed E-state index contributed by atoms with van der Waals surface area (Å²) < 4.78 is 0. The lowest BCUT2D eigenvalue weighted by Gasteiger charge is -2.19. The molecule has 134 valence electrons. The van der Waals surface area contributed by atoms with Crippen LogP contribution in [0.4, 0.5) is 11.4 Å². The molecule has 3 rings (SSSR count). The van der Waals surface area contributed by atoms with Crippen LogP contribution in [-0.4, -0.2) is 24.3 Å². The van der Waals surface area contributed by atoms with Crippen molar-refractivity contribution in [1.29, 1.82) is 0 Å². The van der Waals surface area contributed by atoms with E-state index in [1.807, 2.05) is 32.0 Å². The van der Waals surface area contributed by atoms with Gasteiger partial charge >= 0.3 is 0 Å². The van der Waals surface area contributed by atoms with Gasteiger partial charge < -0.3 is 20.1 Å². The lowest BCUT2D eigenvalue weighted by Crippen LogP contribution is -2.28. The van der Waals surface area contributed by atoms with Crippen LogP contribution in [0, 0.1) is 19.8 Å². The number of nitrogens with one attached hydrogen (secondary N) is 1. The molecule has 2 aromatic rings. The Morgan fingerprint density at radius 1 is 1.12 bits per heavy atom. The van der Waals surface area contributed by atoms with E-state index in [1.54, 1.807) is 4.90 Å². The van der Waals surface area contributed by atoms with Crippen LogP contribution in [0.2, 0.25) is 0 Å². The number of aromatic carboxylic acids is 1. The van der Waals surface area contributed by atoms with Crippen molar-refractivity contribution >= 4 is 29.2 Å². The maximum atomic E-state index is 12.5. The number of nitrogens with zero attached hydrogens (tertiary/aromatic N) is 1. The summed E-state index contributed by atoms with van der Waals surface area (Å²) >= 11 is 0. The van der Waals surface area contributed by atoms with E-state index < -0.39 is 11.9 Å². The van der Waals surface area contributed by atoms with E-state index in [9.17, 15) is 19.5 Å². The monoisotopic (exact) mass is 351 g/mol. The molecule has 1 saturated heterocycles. The maximum absolute atomic E-state index is 12.5. The van der Waals surface area contributed by atoms with E-state index in [-0.39, 0.29) is 23.8 Å². The van der Waals surface area contributed by atoms with Gasteiger partial charge in [-0.25, -0.2) is 0 Å². The number of aryl methyl sites for hydroxylation is 2. The first kappa shape index (κ1) is 17.7. The summed E-state index contributed by atoms with van der Waals surface area (Å²) in [6.07, 6.45) is 0.149. The van der Waals surface area contributed by atoms with Gasteiger partial charge in [0.15, 0.2) is 0 Å². The maximum Gasteiger partial charge on any atom is 0.229 e. The van der Waals surface area contributed by atoms with Crippen LogP contribution in [0.25, 0.3) is 0 Å². The zero-order chi connectivity index (χ0) is 18.8. The summed E-state index contributed by atoms with van der Waals surface area (Å²) in [6, 6.07) is 11.6. The van der Waals surface area contributed by atoms with Gasteiger partial charge in [0.05, 0.1) is 11.9 Å². The Morgan fingerprint density at radius 3 is 2.42 bits per heavy atom. The van der Waals surface area contributed by atoms with Crippen molar-refractivity contribution in [2.45, 2.75) is 20.3 Å². The molecule has 0 saturated carbocycles. The summed E-state index contributed by atoms with van der Waals surface area (Å²) in [5.74, 6) is -2.06. The molecule has 1 atom stereocenters. The number of rotatable bonds is 4. The number of carbonyl (C=O) groups excluding carboxylic acids is 3.